The molecule has 7 nitrogen and oxygen atoms in total. The van der Waals surface area contributed by atoms with Gasteiger partial charge in [-0.05, 0) is 12.1 Å². The summed E-state index contributed by atoms with van der Waals surface area (Å²) in [4.78, 5) is 11.9. The number of nitrogen functional groups attached to an aromatic ring is 1. The van der Waals surface area contributed by atoms with E-state index in [2.05, 4.69) is 10.4 Å². The normalized spacial score (nSPS) is 10.3. The van der Waals surface area contributed by atoms with E-state index in [0.29, 0.717) is 30.3 Å². The topological polar surface area (TPSA) is 91.4 Å². The highest BCUT2D eigenvalue weighted by molar-refractivity contribution is 5.90. The second-order valence-corrected chi connectivity index (χ2v) is 4.39. The maximum Gasteiger partial charge on any atom is 0.246 e. The van der Waals surface area contributed by atoms with Gasteiger partial charge < -0.3 is 20.5 Å². The van der Waals surface area contributed by atoms with Crippen LogP contribution in [-0.4, -0.2) is 36.0 Å². The smallest absolute Gasteiger partial charge is 0.246 e. The summed E-state index contributed by atoms with van der Waals surface area (Å²) in [7, 11) is 1.61. The largest absolute Gasteiger partial charge is 0.491 e. The standard InChI is InChI=1S/C14H18N4O3/c1-20-5-6-21-13-4-2-3-12(7-13)17-14(19)10-18-9-11(15)8-16-18/h2-4,7-9H,5-6,10,15H2,1H3,(H,17,19). The number of amides is 1. The highest BCUT2D eigenvalue weighted by Gasteiger charge is 2.05. The molecule has 0 fully saturated rings. The molecule has 0 aliphatic rings. The quantitative estimate of drug-likeness (QED) is 0.746. The molecule has 1 heterocycles. The zero-order chi connectivity index (χ0) is 15.1. The number of anilines is 2. The van der Waals surface area contributed by atoms with Gasteiger partial charge in [0.05, 0.1) is 18.5 Å². The fraction of sp³-hybridized carbons (Fsp3) is 0.286. The van der Waals surface area contributed by atoms with Crippen molar-refractivity contribution in [2.24, 2.45) is 0 Å². The van der Waals surface area contributed by atoms with E-state index in [1.165, 1.54) is 10.9 Å². The number of nitrogens with zero attached hydrogens (tertiary/aromatic N) is 2. The number of benzene rings is 1. The summed E-state index contributed by atoms with van der Waals surface area (Å²) >= 11 is 0. The molecule has 0 atom stereocenters. The number of hydrogen-bond donors (Lipinski definition) is 2. The minimum atomic E-state index is -0.188. The second kappa shape index (κ2) is 7.30. The van der Waals surface area contributed by atoms with Gasteiger partial charge in [-0.1, -0.05) is 6.07 Å². The van der Waals surface area contributed by atoms with Gasteiger partial charge in [-0.3, -0.25) is 9.48 Å². The lowest BCUT2D eigenvalue weighted by Crippen LogP contribution is -2.19. The third-order valence-electron chi connectivity index (χ3n) is 2.63. The number of methoxy groups -OCH3 is 1. The van der Waals surface area contributed by atoms with Crippen molar-refractivity contribution >= 4 is 17.3 Å². The number of hydrogen-bond acceptors (Lipinski definition) is 5. The van der Waals surface area contributed by atoms with Gasteiger partial charge in [-0.25, -0.2) is 0 Å². The van der Waals surface area contributed by atoms with Crippen LogP contribution >= 0.6 is 0 Å². The Hall–Kier alpha value is -2.54. The fourth-order valence-electron chi connectivity index (χ4n) is 1.72. The number of carbonyl (C=O) groups is 1. The molecule has 7 heteroatoms. The maximum atomic E-state index is 11.9. The van der Waals surface area contributed by atoms with Gasteiger partial charge in [0.2, 0.25) is 5.91 Å². The third-order valence-corrected chi connectivity index (χ3v) is 2.63. The Morgan fingerprint density at radius 2 is 2.29 bits per heavy atom. The van der Waals surface area contributed by atoms with E-state index in [0.717, 1.165) is 0 Å². The van der Waals surface area contributed by atoms with E-state index in [-0.39, 0.29) is 12.5 Å². The van der Waals surface area contributed by atoms with Crippen molar-refractivity contribution in [2.75, 3.05) is 31.4 Å². The molecule has 0 unspecified atom stereocenters. The molecule has 3 N–H and O–H groups in total. The highest BCUT2D eigenvalue weighted by atomic mass is 16.5. The van der Waals surface area contributed by atoms with E-state index in [1.807, 2.05) is 12.1 Å². The van der Waals surface area contributed by atoms with Crippen LogP contribution in [0.4, 0.5) is 11.4 Å². The zero-order valence-electron chi connectivity index (χ0n) is 11.8. The van der Waals surface area contributed by atoms with Gasteiger partial charge in [-0.15, -0.1) is 0 Å². The summed E-state index contributed by atoms with van der Waals surface area (Å²) in [6, 6.07) is 7.17. The fourth-order valence-corrected chi connectivity index (χ4v) is 1.72. The molecule has 112 valence electrons. The van der Waals surface area contributed by atoms with E-state index in [1.54, 1.807) is 25.4 Å². The number of nitrogens with one attached hydrogen (secondary N) is 1. The predicted molar refractivity (Wildman–Crippen MR) is 79.1 cm³/mol. The van der Waals surface area contributed by atoms with Crippen LogP contribution in [0.3, 0.4) is 0 Å². The average molecular weight is 290 g/mol. The molecule has 0 aliphatic carbocycles. The minimum Gasteiger partial charge on any atom is -0.491 e. The van der Waals surface area contributed by atoms with Crippen LogP contribution in [0.15, 0.2) is 36.7 Å². The molecule has 0 aliphatic heterocycles. The maximum absolute atomic E-state index is 11.9. The number of rotatable bonds is 7. The molecule has 1 amide bonds. The molecule has 1 aromatic carbocycles. The minimum absolute atomic E-state index is 0.103. The SMILES string of the molecule is COCCOc1cccc(NC(=O)Cn2cc(N)cn2)c1. The summed E-state index contributed by atoms with van der Waals surface area (Å²) in [6.45, 7) is 1.07. The molecule has 2 rings (SSSR count). The molecule has 0 spiro atoms. The zero-order valence-corrected chi connectivity index (χ0v) is 11.8. The van der Waals surface area contributed by atoms with Crippen molar-refractivity contribution in [3.8, 4) is 5.75 Å². The Morgan fingerprint density at radius 1 is 1.43 bits per heavy atom. The highest BCUT2D eigenvalue weighted by Crippen LogP contribution is 2.17. The van der Waals surface area contributed by atoms with Crippen molar-refractivity contribution in [1.82, 2.24) is 9.78 Å². The van der Waals surface area contributed by atoms with Crippen LogP contribution in [0.25, 0.3) is 0 Å². The molecule has 0 bridgehead atoms. The van der Waals surface area contributed by atoms with Gasteiger partial charge in [-0.2, -0.15) is 5.10 Å². The van der Waals surface area contributed by atoms with E-state index in [4.69, 9.17) is 15.2 Å². The Balaban J connectivity index is 1.89. The van der Waals surface area contributed by atoms with Crippen molar-refractivity contribution in [3.05, 3.63) is 36.7 Å². The third kappa shape index (κ3) is 4.81. The molecule has 0 saturated carbocycles. The Morgan fingerprint density at radius 3 is 3.00 bits per heavy atom. The summed E-state index contributed by atoms with van der Waals surface area (Å²) in [5, 5.41) is 6.74. The van der Waals surface area contributed by atoms with Crippen molar-refractivity contribution in [2.45, 2.75) is 6.54 Å². The number of ether oxygens (including phenoxy) is 2. The lowest BCUT2D eigenvalue weighted by molar-refractivity contribution is -0.116. The van der Waals surface area contributed by atoms with Crippen molar-refractivity contribution in [1.29, 1.82) is 0 Å². The molecule has 2 aromatic rings. The van der Waals surface area contributed by atoms with E-state index >= 15 is 0 Å². The summed E-state index contributed by atoms with van der Waals surface area (Å²) < 4.78 is 11.9. The summed E-state index contributed by atoms with van der Waals surface area (Å²) in [5.74, 6) is 0.486. The van der Waals surface area contributed by atoms with Crippen LogP contribution in [0.1, 0.15) is 0 Å². The van der Waals surface area contributed by atoms with Crippen LogP contribution in [-0.2, 0) is 16.1 Å². The van der Waals surface area contributed by atoms with Crippen LogP contribution < -0.4 is 15.8 Å². The number of nitrogens with two attached hydrogens (primary N) is 1. The first-order chi connectivity index (χ1) is 10.2. The Kier molecular flexibility index (Phi) is 5.16. The van der Waals surface area contributed by atoms with Gasteiger partial charge in [0.15, 0.2) is 0 Å². The van der Waals surface area contributed by atoms with Gasteiger partial charge in [0.25, 0.3) is 0 Å². The molecule has 1 aromatic heterocycles. The van der Waals surface area contributed by atoms with Gasteiger partial charge in [0, 0.05) is 25.1 Å². The number of carbonyl (C=O) groups excluding carboxylic acids is 1. The molecular formula is C14H18N4O3. The van der Waals surface area contributed by atoms with Crippen LogP contribution in [0.2, 0.25) is 0 Å². The van der Waals surface area contributed by atoms with E-state index in [9.17, 15) is 4.79 Å². The van der Waals surface area contributed by atoms with Crippen molar-refractivity contribution < 1.29 is 14.3 Å². The number of aromatic nitrogens is 2. The Bertz CT molecular complexity index is 597. The Labute approximate surface area is 122 Å². The first-order valence-electron chi connectivity index (χ1n) is 6.47. The first kappa shape index (κ1) is 14.9. The van der Waals surface area contributed by atoms with Gasteiger partial charge in [0.1, 0.15) is 18.9 Å². The lowest BCUT2D eigenvalue weighted by Gasteiger charge is -2.09. The van der Waals surface area contributed by atoms with E-state index < -0.39 is 0 Å². The summed E-state index contributed by atoms with van der Waals surface area (Å²) in [6.07, 6.45) is 3.10. The van der Waals surface area contributed by atoms with Crippen LogP contribution in [0.5, 0.6) is 5.75 Å². The molecule has 0 radical (unpaired) electrons. The average Bonchev–Trinajstić information content (AvgIpc) is 2.84. The molecule has 21 heavy (non-hydrogen) atoms. The van der Waals surface area contributed by atoms with Crippen molar-refractivity contribution in [3.63, 3.8) is 0 Å². The molecule has 0 saturated heterocycles. The first-order valence-corrected chi connectivity index (χ1v) is 6.47. The summed E-state index contributed by atoms with van der Waals surface area (Å²) in [5.41, 5.74) is 6.73. The lowest BCUT2D eigenvalue weighted by atomic mass is 10.3. The monoisotopic (exact) mass is 290 g/mol. The van der Waals surface area contributed by atoms with Gasteiger partial charge >= 0.3 is 0 Å². The predicted octanol–water partition coefficient (Wildman–Crippen LogP) is 1.13. The van der Waals surface area contributed by atoms with Crippen LogP contribution in [0, 0.1) is 0 Å². The molecular weight excluding hydrogens is 272 g/mol. The second-order valence-electron chi connectivity index (χ2n) is 4.39.